The van der Waals surface area contributed by atoms with Crippen LogP contribution in [0.5, 0.6) is 0 Å². The Morgan fingerprint density at radius 3 is 3.00 bits per heavy atom. The first-order chi connectivity index (χ1) is 9.61. The molecule has 7 heteroatoms. The van der Waals surface area contributed by atoms with Gasteiger partial charge in [0.2, 0.25) is 0 Å². The molecule has 0 unspecified atom stereocenters. The maximum atomic E-state index is 11.5. The minimum atomic E-state index is -0.945. The highest BCUT2D eigenvalue weighted by Gasteiger charge is 2.09. The summed E-state index contributed by atoms with van der Waals surface area (Å²) < 4.78 is 1.59. The van der Waals surface area contributed by atoms with Gasteiger partial charge in [0, 0.05) is 12.3 Å². The number of H-pyrrole nitrogens is 1. The second-order valence-electron chi connectivity index (χ2n) is 4.26. The molecule has 20 heavy (non-hydrogen) atoms. The third-order valence-electron chi connectivity index (χ3n) is 2.71. The number of carboxylic acids is 1. The first-order valence-electron chi connectivity index (χ1n) is 6.22. The van der Waals surface area contributed by atoms with Gasteiger partial charge in [0.25, 0.3) is 0 Å². The Balaban J connectivity index is 2.11. The average molecular weight is 293 g/mol. The molecule has 1 aromatic carbocycles. The van der Waals surface area contributed by atoms with Crippen LogP contribution in [0.2, 0.25) is 0 Å². The molecule has 0 saturated carbocycles. The van der Waals surface area contributed by atoms with E-state index < -0.39 is 5.97 Å². The summed E-state index contributed by atoms with van der Waals surface area (Å²) in [6.07, 6.45) is 0.849. The van der Waals surface area contributed by atoms with Gasteiger partial charge in [0.15, 0.2) is 5.16 Å². The summed E-state index contributed by atoms with van der Waals surface area (Å²) >= 11 is 1.41. The fraction of sp³-hybridized carbons (Fsp3) is 0.308. The largest absolute Gasteiger partial charge is 0.478 e. The molecule has 0 spiro atoms. The number of nitrogens with one attached hydrogen (secondary N) is 1. The number of carbonyl (C=O) groups is 1. The van der Waals surface area contributed by atoms with E-state index in [-0.39, 0.29) is 11.3 Å². The Bertz CT molecular complexity index is 663. The van der Waals surface area contributed by atoms with Gasteiger partial charge in [-0.25, -0.2) is 14.7 Å². The van der Waals surface area contributed by atoms with Gasteiger partial charge < -0.3 is 5.11 Å². The number of aromatic carboxylic acids is 1. The lowest BCUT2D eigenvalue weighted by Crippen LogP contribution is -2.17. The van der Waals surface area contributed by atoms with E-state index in [0.717, 1.165) is 12.0 Å². The Kier molecular flexibility index (Phi) is 4.62. The molecule has 6 nitrogen and oxygen atoms in total. The maximum absolute atomic E-state index is 11.5. The van der Waals surface area contributed by atoms with Gasteiger partial charge in [-0.1, -0.05) is 30.8 Å². The molecule has 2 N–H and O–H groups in total. The van der Waals surface area contributed by atoms with Crippen molar-refractivity contribution in [2.45, 2.75) is 30.8 Å². The first-order valence-corrected chi connectivity index (χ1v) is 7.20. The molecule has 0 atom stereocenters. The van der Waals surface area contributed by atoms with E-state index in [0.29, 0.717) is 17.5 Å². The molecular formula is C13H15N3O3S. The van der Waals surface area contributed by atoms with Crippen molar-refractivity contribution in [1.29, 1.82) is 0 Å². The fourth-order valence-electron chi connectivity index (χ4n) is 1.78. The van der Waals surface area contributed by atoms with E-state index in [1.54, 1.807) is 22.8 Å². The standard InChI is InChI=1S/C13H15N3O3S/c1-2-6-16-12(19)14-15-13(16)20-8-9-4-3-5-10(7-9)11(17)18/h3-5,7H,2,6,8H2,1H3,(H,14,19)(H,17,18). The number of thioether (sulfide) groups is 1. The number of carboxylic acid groups (broad SMARTS) is 1. The van der Waals surface area contributed by atoms with E-state index in [9.17, 15) is 9.59 Å². The van der Waals surface area contributed by atoms with Gasteiger partial charge in [-0.15, -0.1) is 5.10 Å². The van der Waals surface area contributed by atoms with Gasteiger partial charge in [-0.2, -0.15) is 0 Å². The maximum Gasteiger partial charge on any atom is 0.343 e. The molecule has 0 bridgehead atoms. The smallest absolute Gasteiger partial charge is 0.343 e. The summed E-state index contributed by atoms with van der Waals surface area (Å²) in [6.45, 7) is 2.61. The summed E-state index contributed by atoms with van der Waals surface area (Å²) in [5.41, 5.74) is 0.929. The molecule has 0 aliphatic rings. The molecule has 1 aromatic heterocycles. The van der Waals surface area contributed by atoms with E-state index >= 15 is 0 Å². The van der Waals surface area contributed by atoms with Gasteiger partial charge in [0.05, 0.1) is 5.56 Å². The first kappa shape index (κ1) is 14.4. The summed E-state index contributed by atoms with van der Waals surface area (Å²) in [6, 6.07) is 6.75. The van der Waals surface area contributed by atoms with Gasteiger partial charge in [-0.3, -0.25) is 4.57 Å². The molecular weight excluding hydrogens is 278 g/mol. The predicted molar refractivity (Wildman–Crippen MR) is 76.1 cm³/mol. The summed E-state index contributed by atoms with van der Waals surface area (Å²) in [7, 11) is 0. The highest BCUT2D eigenvalue weighted by molar-refractivity contribution is 7.98. The molecule has 0 saturated heterocycles. The third-order valence-corrected chi connectivity index (χ3v) is 3.76. The Labute approximate surface area is 119 Å². The minimum absolute atomic E-state index is 0.214. The van der Waals surface area contributed by atoms with E-state index in [1.807, 2.05) is 13.0 Å². The monoisotopic (exact) mass is 293 g/mol. The van der Waals surface area contributed by atoms with Crippen molar-refractivity contribution in [3.05, 3.63) is 45.9 Å². The van der Waals surface area contributed by atoms with Crippen LogP contribution in [0.4, 0.5) is 0 Å². The normalized spacial score (nSPS) is 10.7. The van der Waals surface area contributed by atoms with Crippen LogP contribution in [0.15, 0.2) is 34.2 Å². The van der Waals surface area contributed by atoms with Crippen LogP contribution in [0, 0.1) is 0 Å². The molecule has 1 heterocycles. The number of benzene rings is 1. The van der Waals surface area contributed by atoms with Crippen molar-refractivity contribution >= 4 is 17.7 Å². The quantitative estimate of drug-likeness (QED) is 0.795. The molecule has 0 amide bonds. The predicted octanol–water partition coefficient (Wildman–Crippen LogP) is 1.97. The lowest BCUT2D eigenvalue weighted by molar-refractivity contribution is 0.0697. The number of hydrogen-bond acceptors (Lipinski definition) is 4. The zero-order valence-corrected chi connectivity index (χ0v) is 11.8. The van der Waals surface area contributed by atoms with Crippen LogP contribution in [0.1, 0.15) is 29.3 Å². The third kappa shape index (κ3) is 3.30. The highest BCUT2D eigenvalue weighted by atomic mass is 32.2. The van der Waals surface area contributed by atoms with Crippen molar-refractivity contribution < 1.29 is 9.90 Å². The average Bonchev–Trinajstić information content (AvgIpc) is 2.78. The topological polar surface area (TPSA) is 88.0 Å². The highest BCUT2D eigenvalue weighted by Crippen LogP contribution is 2.20. The van der Waals surface area contributed by atoms with Crippen LogP contribution in [-0.2, 0) is 12.3 Å². The lowest BCUT2D eigenvalue weighted by Gasteiger charge is -2.04. The van der Waals surface area contributed by atoms with Crippen molar-refractivity contribution in [2.24, 2.45) is 0 Å². The van der Waals surface area contributed by atoms with Crippen molar-refractivity contribution in [2.75, 3.05) is 0 Å². The zero-order valence-electron chi connectivity index (χ0n) is 11.0. The van der Waals surface area contributed by atoms with E-state index in [4.69, 9.17) is 5.11 Å². The van der Waals surface area contributed by atoms with E-state index in [1.165, 1.54) is 11.8 Å². The molecule has 0 aliphatic carbocycles. The second-order valence-corrected chi connectivity index (χ2v) is 5.20. The van der Waals surface area contributed by atoms with Crippen molar-refractivity contribution in [3.8, 4) is 0 Å². The number of nitrogens with zero attached hydrogens (tertiary/aromatic N) is 2. The number of hydrogen-bond donors (Lipinski definition) is 2. The Morgan fingerprint density at radius 1 is 1.50 bits per heavy atom. The molecule has 106 valence electrons. The van der Waals surface area contributed by atoms with Crippen molar-refractivity contribution in [1.82, 2.24) is 14.8 Å². The molecule has 0 aliphatic heterocycles. The second kappa shape index (κ2) is 6.42. The SMILES string of the molecule is CCCn1c(SCc2cccc(C(=O)O)c2)n[nH]c1=O. The number of rotatable bonds is 6. The molecule has 0 fully saturated rings. The number of aromatic amines is 1. The van der Waals surface area contributed by atoms with Gasteiger partial charge in [0.1, 0.15) is 0 Å². The Morgan fingerprint density at radius 2 is 2.30 bits per heavy atom. The van der Waals surface area contributed by atoms with Crippen molar-refractivity contribution in [3.63, 3.8) is 0 Å². The van der Waals surface area contributed by atoms with Gasteiger partial charge >= 0.3 is 11.7 Å². The summed E-state index contributed by atoms with van der Waals surface area (Å²) in [5.74, 6) is -0.380. The minimum Gasteiger partial charge on any atom is -0.478 e. The molecule has 2 rings (SSSR count). The van der Waals surface area contributed by atoms with Crippen LogP contribution >= 0.6 is 11.8 Å². The van der Waals surface area contributed by atoms with Crippen LogP contribution < -0.4 is 5.69 Å². The zero-order chi connectivity index (χ0) is 14.5. The summed E-state index contributed by atoms with van der Waals surface area (Å²) in [5, 5.41) is 16.0. The fourth-order valence-corrected chi connectivity index (χ4v) is 2.69. The lowest BCUT2D eigenvalue weighted by atomic mass is 10.1. The van der Waals surface area contributed by atoms with Crippen LogP contribution in [0.3, 0.4) is 0 Å². The Hall–Kier alpha value is -2.02. The number of aromatic nitrogens is 3. The van der Waals surface area contributed by atoms with Gasteiger partial charge in [-0.05, 0) is 24.1 Å². The molecule has 2 aromatic rings. The summed E-state index contributed by atoms with van der Waals surface area (Å²) in [4.78, 5) is 22.4. The molecule has 0 radical (unpaired) electrons. The van der Waals surface area contributed by atoms with Crippen LogP contribution in [0.25, 0.3) is 0 Å². The van der Waals surface area contributed by atoms with Crippen LogP contribution in [-0.4, -0.2) is 25.8 Å². The van der Waals surface area contributed by atoms with E-state index in [2.05, 4.69) is 10.2 Å².